The molecule has 2 aromatic carbocycles. The molecule has 0 bridgehead atoms. The Labute approximate surface area is 102 Å². The van der Waals surface area contributed by atoms with Crippen molar-refractivity contribution in [2.45, 2.75) is 19.3 Å². The van der Waals surface area contributed by atoms with Crippen LogP contribution in [0.3, 0.4) is 0 Å². The van der Waals surface area contributed by atoms with Crippen LogP contribution in [0.25, 0.3) is 11.1 Å². The second-order valence-corrected chi connectivity index (χ2v) is 5.09. The van der Waals surface area contributed by atoms with E-state index in [1.807, 2.05) is 12.1 Å². The van der Waals surface area contributed by atoms with Crippen molar-refractivity contribution in [3.8, 4) is 11.1 Å². The Balaban J connectivity index is 2.35. The van der Waals surface area contributed by atoms with Crippen LogP contribution in [0.4, 0.5) is 0 Å². The number of hydrogen-bond acceptors (Lipinski definition) is 1. The maximum atomic E-state index is 10.9. The summed E-state index contributed by atoms with van der Waals surface area (Å²) in [6.07, 6.45) is 0. The van der Waals surface area contributed by atoms with Gasteiger partial charge in [-0.25, -0.2) is 0 Å². The van der Waals surface area contributed by atoms with Gasteiger partial charge in [0.05, 0.1) is 0 Å². The third-order valence-electron chi connectivity index (χ3n) is 3.74. The Morgan fingerprint density at radius 2 is 1.65 bits per heavy atom. The Morgan fingerprint density at radius 1 is 0.941 bits per heavy atom. The molecular formula is C15H13BO. The van der Waals surface area contributed by atoms with E-state index in [-0.39, 0.29) is 5.41 Å². The summed E-state index contributed by atoms with van der Waals surface area (Å²) >= 11 is 0. The standard InChI is InChI=1S/C15H13BO/c1-15(2)13-6-4-3-5-11(13)12-8-7-10(16-17)9-14(12)15/h3-9H,1-2H3. The minimum absolute atomic E-state index is 0.00898. The van der Waals surface area contributed by atoms with Gasteiger partial charge < -0.3 is 0 Å². The van der Waals surface area contributed by atoms with Crippen LogP contribution in [0.2, 0.25) is 0 Å². The average molecular weight is 220 g/mol. The molecule has 0 amide bonds. The molecule has 0 heterocycles. The second-order valence-electron chi connectivity index (χ2n) is 5.09. The number of rotatable bonds is 1. The van der Waals surface area contributed by atoms with Crippen molar-refractivity contribution in [1.29, 1.82) is 0 Å². The molecule has 2 heteroatoms. The van der Waals surface area contributed by atoms with Crippen LogP contribution in [0.1, 0.15) is 25.0 Å². The van der Waals surface area contributed by atoms with Gasteiger partial charge in [-0.2, -0.15) is 0 Å². The van der Waals surface area contributed by atoms with Gasteiger partial charge in [0.15, 0.2) is 0 Å². The minimum atomic E-state index is -0.00898. The van der Waals surface area contributed by atoms with E-state index in [1.165, 1.54) is 22.3 Å². The predicted molar refractivity (Wildman–Crippen MR) is 70.1 cm³/mol. The van der Waals surface area contributed by atoms with Crippen molar-refractivity contribution in [3.63, 3.8) is 0 Å². The molecule has 2 aromatic rings. The summed E-state index contributed by atoms with van der Waals surface area (Å²) in [5, 5.41) is 0. The number of benzene rings is 2. The quantitative estimate of drug-likeness (QED) is 0.675. The molecular weight excluding hydrogens is 207 g/mol. The van der Waals surface area contributed by atoms with E-state index < -0.39 is 0 Å². The van der Waals surface area contributed by atoms with Gasteiger partial charge >= 0.3 is 101 Å². The summed E-state index contributed by atoms with van der Waals surface area (Å²) < 4.78 is 10.9. The first-order valence-electron chi connectivity index (χ1n) is 5.84. The van der Waals surface area contributed by atoms with Gasteiger partial charge in [0, 0.05) is 0 Å². The van der Waals surface area contributed by atoms with Crippen molar-refractivity contribution in [2.24, 2.45) is 0 Å². The van der Waals surface area contributed by atoms with E-state index in [9.17, 15) is 4.70 Å². The van der Waals surface area contributed by atoms with E-state index >= 15 is 0 Å². The maximum absolute atomic E-state index is 10.9. The fourth-order valence-electron chi connectivity index (χ4n) is 2.80. The van der Waals surface area contributed by atoms with Crippen LogP contribution >= 0.6 is 0 Å². The van der Waals surface area contributed by atoms with Gasteiger partial charge in [0.25, 0.3) is 0 Å². The zero-order valence-electron chi connectivity index (χ0n) is 10.0. The van der Waals surface area contributed by atoms with Crippen molar-refractivity contribution >= 4 is 12.6 Å². The molecule has 17 heavy (non-hydrogen) atoms. The van der Waals surface area contributed by atoms with E-state index in [0.717, 1.165) is 12.6 Å². The van der Waals surface area contributed by atoms with Crippen molar-refractivity contribution in [2.75, 3.05) is 0 Å². The first-order chi connectivity index (χ1) is 8.14. The second kappa shape index (κ2) is 3.40. The zero-order valence-corrected chi connectivity index (χ0v) is 10.0. The Kier molecular flexibility index (Phi) is 2.09. The SMILES string of the molecule is CC1(C)c2ccccc2-c2ccc(B=O)cc21. The Morgan fingerprint density at radius 3 is 2.41 bits per heavy atom. The molecule has 0 atom stereocenters. The monoisotopic (exact) mass is 220 g/mol. The topological polar surface area (TPSA) is 17.1 Å². The van der Waals surface area contributed by atoms with Crippen LogP contribution in [-0.2, 0) is 10.1 Å². The molecule has 1 aliphatic carbocycles. The van der Waals surface area contributed by atoms with Crippen LogP contribution in [0, 0.1) is 0 Å². The summed E-state index contributed by atoms with van der Waals surface area (Å²) in [7, 11) is 0.916. The fourth-order valence-corrected chi connectivity index (χ4v) is 2.80. The molecule has 0 unspecified atom stereocenters. The van der Waals surface area contributed by atoms with Gasteiger partial charge in [-0.05, 0) is 0 Å². The first-order valence-corrected chi connectivity index (χ1v) is 5.84. The molecule has 0 aliphatic heterocycles. The fraction of sp³-hybridized carbons (Fsp3) is 0.200. The number of hydrogen-bond donors (Lipinski definition) is 0. The Bertz CT molecular complexity index is 614. The third-order valence-corrected chi connectivity index (χ3v) is 3.74. The van der Waals surface area contributed by atoms with Crippen molar-refractivity contribution in [1.82, 2.24) is 0 Å². The van der Waals surface area contributed by atoms with Gasteiger partial charge in [-0.3, -0.25) is 0 Å². The van der Waals surface area contributed by atoms with Crippen LogP contribution in [0.5, 0.6) is 0 Å². The van der Waals surface area contributed by atoms with Gasteiger partial charge in [0.1, 0.15) is 0 Å². The molecule has 0 saturated carbocycles. The van der Waals surface area contributed by atoms with Crippen molar-refractivity contribution in [3.05, 3.63) is 53.6 Å². The van der Waals surface area contributed by atoms with E-state index in [1.54, 1.807) is 0 Å². The molecule has 0 radical (unpaired) electrons. The molecule has 1 nitrogen and oxygen atoms in total. The summed E-state index contributed by atoms with van der Waals surface area (Å²) in [5.41, 5.74) is 5.90. The summed E-state index contributed by atoms with van der Waals surface area (Å²) in [6.45, 7) is 4.43. The molecule has 0 saturated heterocycles. The normalized spacial score (nSPS) is 14.9. The predicted octanol–water partition coefficient (Wildman–Crippen LogP) is 2.67. The third kappa shape index (κ3) is 1.33. The molecule has 0 spiro atoms. The molecule has 3 rings (SSSR count). The van der Waals surface area contributed by atoms with Gasteiger partial charge in [-0.1, -0.05) is 0 Å². The summed E-state index contributed by atoms with van der Waals surface area (Å²) in [5.74, 6) is 0. The molecule has 0 aromatic heterocycles. The van der Waals surface area contributed by atoms with Crippen LogP contribution in [0.15, 0.2) is 42.5 Å². The van der Waals surface area contributed by atoms with Crippen LogP contribution < -0.4 is 5.46 Å². The van der Waals surface area contributed by atoms with Gasteiger partial charge in [0.2, 0.25) is 0 Å². The van der Waals surface area contributed by atoms with E-state index in [4.69, 9.17) is 0 Å². The van der Waals surface area contributed by atoms with E-state index in [0.29, 0.717) is 0 Å². The zero-order chi connectivity index (χ0) is 12.0. The molecule has 0 N–H and O–H groups in total. The summed E-state index contributed by atoms with van der Waals surface area (Å²) in [4.78, 5) is 0. The summed E-state index contributed by atoms with van der Waals surface area (Å²) in [6, 6.07) is 14.4. The van der Waals surface area contributed by atoms with Crippen molar-refractivity contribution < 1.29 is 4.70 Å². The van der Waals surface area contributed by atoms with Crippen LogP contribution in [-0.4, -0.2) is 7.15 Å². The molecule has 1 aliphatic rings. The first kappa shape index (κ1) is 10.5. The van der Waals surface area contributed by atoms with E-state index in [2.05, 4.69) is 44.2 Å². The van der Waals surface area contributed by atoms with Gasteiger partial charge in [-0.15, -0.1) is 0 Å². The molecule has 82 valence electrons. The number of fused-ring (bicyclic) bond motifs is 3. The Hall–Kier alpha value is -1.70. The average Bonchev–Trinajstić information content (AvgIpc) is 2.59. The molecule has 0 fully saturated rings.